The molecule has 0 unspecified atom stereocenters. The van der Waals surface area contributed by atoms with Gasteiger partial charge in [-0.25, -0.2) is 0 Å². The van der Waals surface area contributed by atoms with Gasteiger partial charge in [-0.3, -0.25) is 0 Å². The van der Waals surface area contributed by atoms with E-state index in [0.717, 1.165) is 0 Å². The Bertz CT molecular complexity index is 687. The lowest BCUT2D eigenvalue weighted by Crippen LogP contribution is -2.60. The van der Waals surface area contributed by atoms with Crippen molar-refractivity contribution in [3.63, 3.8) is 0 Å². The molecule has 0 bridgehead atoms. The molecule has 124 valence electrons. The summed E-state index contributed by atoms with van der Waals surface area (Å²) in [7, 11) is 0. The molecule has 0 aromatic heterocycles. The molecule has 5 N–H and O–H groups in total. The first-order valence-corrected chi connectivity index (χ1v) is 7.21. The van der Waals surface area contributed by atoms with Crippen molar-refractivity contribution in [3.8, 4) is 11.5 Å². The average molecular weight is 322 g/mol. The van der Waals surface area contributed by atoms with Crippen molar-refractivity contribution in [3.05, 3.63) is 36.4 Å². The highest BCUT2D eigenvalue weighted by Gasteiger charge is 2.44. The molecule has 3 rings (SSSR count). The molecule has 7 heteroatoms. The minimum atomic E-state index is -1.51. The van der Waals surface area contributed by atoms with Gasteiger partial charge in [-0.05, 0) is 12.1 Å². The fourth-order valence-electron chi connectivity index (χ4n) is 2.65. The van der Waals surface area contributed by atoms with Crippen LogP contribution in [0.1, 0.15) is 0 Å². The molecular weight excluding hydrogens is 304 g/mol. The van der Waals surface area contributed by atoms with Crippen molar-refractivity contribution in [1.29, 1.82) is 0 Å². The molecule has 0 saturated carbocycles. The van der Waals surface area contributed by atoms with Crippen LogP contribution in [0.25, 0.3) is 10.8 Å². The lowest BCUT2D eigenvalue weighted by Gasteiger charge is -2.39. The Balaban J connectivity index is 1.91. The van der Waals surface area contributed by atoms with E-state index < -0.39 is 37.3 Å². The summed E-state index contributed by atoms with van der Waals surface area (Å²) in [6.45, 7) is -0.527. The molecule has 2 aromatic carbocycles. The van der Waals surface area contributed by atoms with Crippen molar-refractivity contribution < 1.29 is 35.0 Å². The van der Waals surface area contributed by atoms with Gasteiger partial charge in [0.1, 0.15) is 35.9 Å². The minimum absolute atomic E-state index is 0.0850. The Kier molecular flexibility index (Phi) is 4.38. The third-order valence-electron chi connectivity index (χ3n) is 3.95. The molecule has 5 atom stereocenters. The lowest BCUT2D eigenvalue weighted by molar-refractivity contribution is -0.277. The molecule has 1 fully saturated rings. The number of phenolic OH excluding ortho intramolecular Hbond substituents is 1. The highest BCUT2D eigenvalue weighted by molar-refractivity contribution is 5.92. The molecule has 1 saturated heterocycles. The zero-order valence-electron chi connectivity index (χ0n) is 12.1. The SMILES string of the molecule is OC[C@H]1O[C@H](Oc2ccc(O)c3ccccc23)[C@H](O)[C@@H](O)[C@H]1O. The standard InChI is InChI=1S/C16H18O7/c17-7-12-13(19)14(20)15(21)16(23-12)22-11-6-5-10(18)8-3-1-2-4-9(8)11/h1-6,12-21H,7H2/t12-,13+,14+,15-,16+/m1/s1. The molecule has 1 aliphatic rings. The summed E-state index contributed by atoms with van der Waals surface area (Å²) < 4.78 is 10.9. The number of benzene rings is 2. The highest BCUT2D eigenvalue weighted by atomic mass is 16.7. The van der Waals surface area contributed by atoms with E-state index in [0.29, 0.717) is 16.5 Å². The van der Waals surface area contributed by atoms with Crippen LogP contribution in [0, 0.1) is 0 Å². The number of phenols is 1. The van der Waals surface area contributed by atoms with Crippen LogP contribution in [-0.4, -0.2) is 62.8 Å². The van der Waals surface area contributed by atoms with Crippen LogP contribution < -0.4 is 4.74 Å². The largest absolute Gasteiger partial charge is 0.507 e. The minimum Gasteiger partial charge on any atom is -0.507 e. The number of aliphatic hydroxyl groups is 4. The normalized spacial score (nSPS) is 31.2. The summed E-state index contributed by atoms with van der Waals surface area (Å²) in [5.41, 5.74) is 0. The average Bonchev–Trinajstić information content (AvgIpc) is 2.58. The maximum absolute atomic E-state index is 10.0. The summed E-state index contributed by atoms with van der Waals surface area (Å²) in [5.74, 6) is 0.421. The van der Waals surface area contributed by atoms with Crippen LogP contribution in [0.2, 0.25) is 0 Å². The van der Waals surface area contributed by atoms with Gasteiger partial charge in [0.15, 0.2) is 0 Å². The van der Waals surface area contributed by atoms with Gasteiger partial charge < -0.3 is 35.0 Å². The molecule has 0 spiro atoms. The van der Waals surface area contributed by atoms with E-state index >= 15 is 0 Å². The second-order valence-corrected chi connectivity index (χ2v) is 5.44. The van der Waals surface area contributed by atoms with Crippen LogP contribution in [0.5, 0.6) is 11.5 Å². The Morgan fingerprint density at radius 1 is 0.913 bits per heavy atom. The zero-order valence-corrected chi connectivity index (χ0v) is 12.1. The maximum atomic E-state index is 10.0. The van der Waals surface area contributed by atoms with E-state index in [4.69, 9.17) is 9.47 Å². The van der Waals surface area contributed by atoms with Crippen LogP contribution in [-0.2, 0) is 4.74 Å². The summed E-state index contributed by atoms with van der Waals surface area (Å²) in [6.07, 6.45) is -6.73. The second-order valence-electron chi connectivity index (χ2n) is 5.44. The predicted octanol–water partition coefficient (Wildman–Crippen LogP) is -0.276. The van der Waals surface area contributed by atoms with Gasteiger partial charge in [0, 0.05) is 10.8 Å². The quantitative estimate of drug-likeness (QED) is 0.527. The molecule has 2 aromatic rings. The molecule has 1 heterocycles. The first kappa shape index (κ1) is 16.0. The van der Waals surface area contributed by atoms with Crippen molar-refractivity contribution in [2.45, 2.75) is 30.7 Å². The number of rotatable bonds is 3. The van der Waals surface area contributed by atoms with Gasteiger partial charge in [0.25, 0.3) is 0 Å². The van der Waals surface area contributed by atoms with Crippen LogP contribution >= 0.6 is 0 Å². The van der Waals surface area contributed by atoms with E-state index in [-0.39, 0.29) is 5.75 Å². The number of ether oxygens (including phenoxy) is 2. The summed E-state index contributed by atoms with van der Waals surface area (Å²) >= 11 is 0. The number of aromatic hydroxyl groups is 1. The van der Waals surface area contributed by atoms with E-state index in [9.17, 15) is 25.5 Å². The maximum Gasteiger partial charge on any atom is 0.229 e. The van der Waals surface area contributed by atoms with E-state index in [1.807, 2.05) is 0 Å². The summed E-state index contributed by atoms with van der Waals surface area (Å²) in [4.78, 5) is 0. The van der Waals surface area contributed by atoms with Gasteiger partial charge in [-0.15, -0.1) is 0 Å². The molecular formula is C16H18O7. The molecule has 23 heavy (non-hydrogen) atoms. The molecule has 0 amide bonds. The number of fused-ring (bicyclic) bond motifs is 1. The van der Waals surface area contributed by atoms with E-state index in [1.165, 1.54) is 12.1 Å². The first-order valence-electron chi connectivity index (χ1n) is 7.21. The van der Waals surface area contributed by atoms with Crippen LogP contribution in [0.15, 0.2) is 36.4 Å². The van der Waals surface area contributed by atoms with Gasteiger partial charge in [-0.1, -0.05) is 24.3 Å². The van der Waals surface area contributed by atoms with E-state index in [2.05, 4.69) is 0 Å². The third-order valence-corrected chi connectivity index (χ3v) is 3.95. The Morgan fingerprint density at radius 3 is 2.30 bits per heavy atom. The van der Waals surface area contributed by atoms with Crippen molar-refractivity contribution in [1.82, 2.24) is 0 Å². The van der Waals surface area contributed by atoms with Gasteiger partial charge in [0.05, 0.1) is 6.61 Å². The number of hydrogen-bond donors (Lipinski definition) is 5. The topological polar surface area (TPSA) is 120 Å². The van der Waals surface area contributed by atoms with Crippen molar-refractivity contribution in [2.24, 2.45) is 0 Å². The number of hydrogen-bond acceptors (Lipinski definition) is 7. The Hall–Kier alpha value is -1.90. The number of aliphatic hydroxyl groups excluding tert-OH is 4. The Labute approximate surface area is 131 Å². The van der Waals surface area contributed by atoms with Gasteiger partial charge >= 0.3 is 0 Å². The molecule has 1 aliphatic heterocycles. The van der Waals surface area contributed by atoms with Crippen molar-refractivity contribution >= 4 is 10.8 Å². The lowest BCUT2D eigenvalue weighted by atomic mass is 9.99. The van der Waals surface area contributed by atoms with Crippen LogP contribution in [0.3, 0.4) is 0 Å². The molecule has 0 aliphatic carbocycles. The summed E-state index contributed by atoms with van der Waals surface area (Å²) in [5, 5.41) is 49.8. The predicted molar refractivity (Wildman–Crippen MR) is 80.0 cm³/mol. The molecule has 0 radical (unpaired) electrons. The Morgan fingerprint density at radius 2 is 1.61 bits per heavy atom. The van der Waals surface area contributed by atoms with Crippen molar-refractivity contribution in [2.75, 3.05) is 6.61 Å². The van der Waals surface area contributed by atoms with Gasteiger partial charge in [-0.2, -0.15) is 0 Å². The first-order chi connectivity index (χ1) is 11.0. The fraction of sp³-hybridized carbons (Fsp3) is 0.375. The second kappa shape index (κ2) is 6.31. The summed E-state index contributed by atoms with van der Waals surface area (Å²) in [6, 6.07) is 9.93. The van der Waals surface area contributed by atoms with E-state index in [1.54, 1.807) is 24.3 Å². The van der Waals surface area contributed by atoms with Crippen LogP contribution in [0.4, 0.5) is 0 Å². The third kappa shape index (κ3) is 2.85. The highest BCUT2D eigenvalue weighted by Crippen LogP contribution is 2.34. The fourth-order valence-corrected chi connectivity index (χ4v) is 2.65. The zero-order chi connectivity index (χ0) is 16.6. The molecule has 7 nitrogen and oxygen atoms in total. The van der Waals surface area contributed by atoms with Gasteiger partial charge in [0.2, 0.25) is 6.29 Å². The smallest absolute Gasteiger partial charge is 0.229 e. The monoisotopic (exact) mass is 322 g/mol.